The van der Waals surface area contributed by atoms with Crippen molar-refractivity contribution in [3.05, 3.63) is 11.6 Å². The Morgan fingerprint density at radius 2 is 2.12 bits per heavy atom. The summed E-state index contributed by atoms with van der Waals surface area (Å²) in [6, 6.07) is 0. The van der Waals surface area contributed by atoms with E-state index in [0.717, 1.165) is 5.57 Å². The third-order valence-electron chi connectivity index (χ3n) is 2.25. The highest BCUT2D eigenvalue weighted by molar-refractivity contribution is 5.89. The minimum Gasteiger partial charge on any atom is -0.467 e. The smallest absolute Gasteiger partial charge is 0.336 e. The van der Waals surface area contributed by atoms with Crippen molar-refractivity contribution in [1.29, 1.82) is 0 Å². The van der Waals surface area contributed by atoms with Gasteiger partial charge in [0.05, 0.1) is 20.3 Å². The summed E-state index contributed by atoms with van der Waals surface area (Å²) in [4.78, 5) is 24.6. The van der Waals surface area contributed by atoms with Gasteiger partial charge >= 0.3 is 5.97 Å². The monoisotopic (exact) mass is 227 g/mol. The van der Waals surface area contributed by atoms with Crippen LogP contribution in [0.3, 0.4) is 0 Å². The molecule has 0 saturated carbocycles. The van der Waals surface area contributed by atoms with Crippen molar-refractivity contribution in [3.63, 3.8) is 0 Å². The summed E-state index contributed by atoms with van der Waals surface area (Å²) in [7, 11) is 1.31. The second kappa shape index (κ2) is 5.65. The number of hydrogen-bond donors (Lipinski definition) is 0. The first-order valence-corrected chi connectivity index (χ1v) is 5.18. The molecule has 0 aromatic carbocycles. The quantitative estimate of drug-likeness (QED) is 0.504. The molecular formula is C11H17NO4. The van der Waals surface area contributed by atoms with Crippen LogP contribution in [0, 0.1) is 0 Å². The minimum atomic E-state index is -0.659. The van der Waals surface area contributed by atoms with Gasteiger partial charge in [0.2, 0.25) is 5.91 Å². The lowest BCUT2D eigenvalue weighted by atomic mass is 10.2. The summed E-state index contributed by atoms with van der Waals surface area (Å²) in [5, 5.41) is 0. The van der Waals surface area contributed by atoms with E-state index in [9.17, 15) is 9.59 Å². The van der Waals surface area contributed by atoms with E-state index in [2.05, 4.69) is 4.74 Å². The molecule has 5 nitrogen and oxygen atoms in total. The summed E-state index contributed by atoms with van der Waals surface area (Å²) in [5.74, 6) is -0.521. The lowest BCUT2D eigenvalue weighted by molar-refractivity contribution is -0.161. The average Bonchev–Trinajstić information content (AvgIpc) is 2.27. The fourth-order valence-electron chi connectivity index (χ4n) is 1.46. The van der Waals surface area contributed by atoms with E-state index in [0.29, 0.717) is 13.2 Å². The van der Waals surface area contributed by atoms with E-state index in [-0.39, 0.29) is 12.5 Å². The zero-order chi connectivity index (χ0) is 12.1. The first kappa shape index (κ1) is 12.7. The standard InChI is InChI=1S/C11H17NO4/c1-8(2)6-10(13)12-4-5-16-9(7-12)11(14)15-3/h6,9H,4-5,7H2,1-3H3. The maximum absolute atomic E-state index is 11.7. The van der Waals surface area contributed by atoms with Gasteiger partial charge < -0.3 is 14.4 Å². The summed E-state index contributed by atoms with van der Waals surface area (Å²) in [5.41, 5.74) is 0.936. The normalized spacial score (nSPS) is 20.2. The number of ether oxygens (including phenoxy) is 2. The van der Waals surface area contributed by atoms with E-state index in [1.54, 1.807) is 11.0 Å². The molecule has 0 N–H and O–H groups in total. The van der Waals surface area contributed by atoms with Crippen molar-refractivity contribution in [2.24, 2.45) is 0 Å². The van der Waals surface area contributed by atoms with Crippen molar-refractivity contribution in [1.82, 2.24) is 4.90 Å². The fraction of sp³-hybridized carbons (Fsp3) is 0.636. The predicted octanol–water partition coefficient (Wildman–Crippen LogP) is 0.353. The maximum Gasteiger partial charge on any atom is 0.336 e. The molecule has 90 valence electrons. The number of methoxy groups -OCH3 is 1. The van der Waals surface area contributed by atoms with Gasteiger partial charge in [-0.05, 0) is 13.8 Å². The van der Waals surface area contributed by atoms with Crippen LogP contribution in [0.4, 0.5) is 0 Å². The molecule has 5 heteroatoms. The zero-order valence-electron chi connectivity index (χ0n) is 9.86. The van der Waals surface area contributed by atoms with E-state index in [1.807, 2.05) is 13.8 Å². The van der Waals surface area contributed by atoms with Gasteiger partial charge in [0.1, 0.15) is 0 Å². The van der Waals surface area contributed by atoms with E-state index in [1.165, 1.54) is 7.11 Å². The highest BCUT2D eigenvalue weighted by Crippen LogP contribution is 2.08. The molecule has 1 atom stereocenters. The lowest BCUT2D eigenvalue weighted by Crippen LogP contribution is -2.48. The largest absolute Gasteiger partial charge is 0.467 e. The number of carbonyl (C=O) groups is 2. The van der Waals surface area contributed by atoms with Crippen LogP contribution >= 0.6 is 0 Å². The predicted molar refractivity (Wildman–Crippen MR) is 57.8 cm³/mol. The van der Waals surface area contributed by atoms with Crippen molar-refractivity contribution in [3.8, 4) is 0 Å². The Morgan fingerprint density at radius 3 is 2.69 bits per heavy atom. The third kappa shape index (κ3) is 3.34. The topological polar surface area (TPSA) is 55.8 Å². The number of esters is 1. The van der Waals surface area contributed by atoms with E-state index in [4.69, 9.17) is 4.74 Å². The molecule has 1 rings (SSSR count). The fourth-order valence-corrected chi connectivity index (χ4v) is 1.46. The molecule has 1 aliphatic rings. The second-order valence-corrected chi connectivity index (χ2v) is 3.89. The Bertz CT molecular complexity index is 307. The zero-order valence-corrected chi connectivity index (χ0v) is 9.86. The average molecular weight is 227 g/mol. The van der Waals surface area contributed by atoms with Gasteiger partial charge in [0, 0.05) is 12.6 Å². The van der Waals surface area contributed by atoms with Crippen LogP contribution in [0.5, 0.6) is 0 Å². The maximum atomic E-state index is 11.7. The first-order valence-electron chi connectivity index (χ1n) is 5.18. The second-order valence-electron chi connectivity index (χ2n) is 3.89. The molecule has 1 saturated heterocycles. The van der Waals surface area contributed by atoms with Crippen LogP contribution in [0.1, 0.15) is 13.8 Å². The van der Waals surface area contributed by atoms with Gasteiger partial charge in [0.25, 0.3) is 0 Å². The number of rotatable bonds is 2. The number of morpholine rings is 1. The lowest BCUT2D eigenvalue weighted by Gasteiger charge is -2.30. The molecule has 0 aromatic rings. The first-order chi connectivity index (χ1) is 7.54. The number of hydrogen-bond acceptors (Lipinski definition) is 4. The Morgan fingerprint density at radius 1 is 1.44 bits per heavy atom. The Hall–Kier alpha value is -1.36. The highest BCUT2D eigenvalue weighted by atomic mass is 16.6. The number of carbonyl (C=O) groups excluding carboxylic acids is 2. The van der Waals surface area contributed by atoms with Crippen LogP contribution in [-0.2, 0) is 19.1 Å². The third-order valence-corrected chi connectivity index (χ3v) is 2.25. The molecule has 16 heavy (non-hydrogen) atoms. The van der Waals surface area contributed by atoms with Crippen LogP contribution in [0.2, 0.25) is 0 Å². The minimum absolute atomic E-state index is 0.0859. The molecule has 1 unspecified atom stereocenters. The van der Waals surface area contributed by atoms with Gasteiger partial charge in [-0.25, -0.2) is 4.79 Å². The number of nitrogens with zero attached hydrogens (tertiary/aromatic N) is 1. The molecule has 1 amide bonds. The van der Waals surface area contributed by atoms with Crippen LogP contribution < -0.4 is 0 Å². The summed E-state index contributed by atoms with van der Waals surface area (Å²) in [6.07, 6.45) is 0.896. The summed E-state index contributed by atoms with van der Waals surface area (Å²) < 4.78 is 9.81. The van der Waals surface area contributed by atoms with Crippen LogP contribution in [0.25, 0.3) is 0 Å². The molecule has 1 fully saturated rings. The summed E-state index contributed by atoms with van der Waals surface area (Å²) in [6.45, 7) is 4.85. The van der Waals surface area contributed by atoms with Crippen molar-refractivity contribution < 1.29 is 19.1 Å². The Balaban J connectivity index is 2.60. The van der Waals surface area contributed by atoms with Crippen molar-refractivity contribution in [2.75, 3.05) is 26.8 Å². The highest BCUT2D eigenvalue weighted by Gasteiger charge is 2.28. The molecule has 0 aromatic heterocycles. The van der Waals surface area contributed by atoms with Crippen molar-refractivity contribution in [2.45, 2.75) is 20.0 Å². The van der Waals surface area contributed by atoms with Gasteiger partial charge in [-0.2, -0.15) is 0 Å². The van der Waals surface area contributed by atoms with Crippen LogP contribution in [-0.4, -0.2) is 49.7 Å². The van der Waals surface area contributed by atoms with Gasteiger partial charge in [-0.3, -0.25) is 4.79 Å². The SMILES string of the molecule is COC(=O)C1CN(C(=O)C=C(C)C)CCO1. The van der Waals surface area contributed by atoms with Gasteiger partial charge in [-0.15, -0.1) is 0 Å². The molecule has 0 radical (unpaired) electrons. The molecule has 1 aliphatic heterocycles. The molecule has 0 spiro atoms. The number of allylic oxidation sites excluding steroid dienone is 1. The van der Waals surface area contributed by atoms with Gasteiger partial charge in [-0.1, -0.05) is 5.57 Å². The Kier molecular flexibility index (Phi) is 4.49. The molecular weight excluding hydrogens is 210 g/mol. The molecule has 1 heterocycles. The summed E-state index contributed by atoms with van der Waals surface area (Å²) >= 11 is 0. The molecule has 0 bridgehead atoms. The van der Waals surface area contributed by atoms with Gasteiger partial charge in [0.15, 0.2) is 6.10 Å². The van der Waals surface area contributed by atoms with E-state index < -0.39 is 12.1 Å². The number of amides is 1. The molecule has 0 aliphatic carbocycles. The van der Waals surface area contributed by atoms with Crippen LogP contribution in [0.15, 0.2) is 11.6 Å². The Labute approximate surface area is 95.0 Å². The van der Waals surface area contributed by atoms with E-state index >= 15 is 0 Å². The van der Waals surface area contributed by atoms with Crippen molar-refractivity contribution >= 4 is 11.9 Å².